The largest absolute Gasteiger partial charge is 0.352 e. The summed E-state index contributed by atoms with van der Waals surface area (Å²) in [4.78, 5) is 12.1. The summed E-state index contributed by atoms with van der Waals surface area (Å²) >= 11 is 0. The molecule has 3 nitrogen and oxygen atoms in total. The van der Waals surface area contributed by atoms with Gasteiger partial charge >= 0.3 is 0 Å². The topological polar surface area (TPSA) is 52.9 Å². The van der Waals surface area contributed by atoms with Crippen LogP contribution in [0.1, 0.15) is 36.5 Å². The van der Waals surface area contributed by atoms with Gasteiger partial charge in [0.2, 0.25) is 5.91 Å². The molecular formula is C21H19FN2O. The Hall–Kier alpha value is -2.93. The molecule has 0 aliphatic carbocycles. The minimum atomic E-state index is -0.337. The highest BCUT2D eigenvalue weighted by atomic mass is 19.1. The Morgan fingerprint density at radius 2 is 1.96 bits per heavy atom. The Morgan fingerprint density at radius 3 is 2.60 bits per heavy atom. The van der Waals surface area contributed by atoms with Gasteiger partial charge in [-0.25, -0.2) is 4.39 Å². The van der Waals surface area contributed by atoms with Crippen LogP contribution in [0.2, 0.25) is 0 Å². The summed E-state index contributed by atoms with van der Waals surface area (Å²) in [6.07, 6.45) is 1.61. The van der Waals surface area contributed by atoms with Gasteiger partial charge in [-0.15, -0.1) is 0 Å². The maximum atomic E-state index is 14.3. The van der Waals surface area contributed by atoms with E-state index in [1.165, 1.54) is 12.1 Å². The summed E-state index contributed by atoms with van der Waals surface area (Å²) < 4.78 is 14.3. The average molecular weight is 334 g/mol. The van der Waals surface area contributed by atoms with E-state index in [-0.39, 0.29) is 11.7 Å². The third kappa shape index (κ3) is 3.32. The molecule has 0 bridgehead atoms. The van der Waals surface area contributed by atoms with Crippen molar-refractivity contribution >= 4 is 11.5 Å². The Kier molecular flexibility index (Phi) is 4.67. The lowest BCUT2D eigenvalue weighted by atomic mass is 9.89. The molecule has 1 amide bonds. The third-order valence-corrected chi connectivity index (χ3v) is 4.72. The second-order valence-corrected chi connectivity index (χ2v) is 6.28. The molecule has 3 rings (SSSR count). The molecule has 126 valence electrons. The summed E-state index contributed by atoms with van der Waals surface area (Å²) in [6.45, 7) is 4.51. The number of amides is 1. The molecule has 1 fully saturated rings. The number of nitriles is 1. The van der Waals surface area contributed by atoms with Crippen molar-refractivity contribution in [2.75, 3.05) is 6.54 Å². The highest BCUT2D eigenvalue weighted by Gasteiger charge is 2.20. The molecule has 1 saturated heterocycles. The van der Waals surface area contributed by atoms with Gasteiger partial charge in [0.1, 0.15) is 5.82 Å². The van der Waals surface area contributed by atoms with Crippen LogP contribution in [0.3, 0.4) is 0 Å². The molecule has 1 N–H and O–H groups in total. The van der Waals surface area contributed by atoms with Crippen LogP contribution in [0.15, 0.2) is 42.0 Å². The summed E-state index contributed by atoms with van der Waals surface area (Å²) in [6, 6.07) is 12.2. The molecule has 4 heteroatoms. The lowest BCUT2D eigenvalue weighted by molar-refractivity contribution is -0.118. The number of halogens is 1. The zero-order valence-electron chi connectivity index (χ0n) is 14.3. The van der Waals surface area contributed by atoms with Crippen molar-refractivity contribution in [2.24, 2.45) is 0 Å². The fourth-order valence-corrected chi connectivity index (χ4v) is 3.30. The Balaban J connectivity index is 2.13. The fourth-order valence-electron chi connectivity index (χ4n) is 3.30. The summed E-state index contributed by atoms with van der Waals surface area (Å²) in [7, 11) is 0. The average Bonchev–Trinajstić information content (AvgIpc) is 2.63. The van der Waals surface area contributed by atoms with Crippen LogP contribution in [-0.4, -0.2) is 12.5 Å². The molecule has 0 unspecified atom stereocenters. The number of carbonyl (C=O) groups is 1. The van der Waals surface area contributed by atoms with E-state index in [0.717, 1.165) is 39.8 Å². The number of nitrogens with one attached hydrogen (secondary N) is 1. The fraction of sp³-hybridized carbons (Fsp3) is 0.238. The van der Waals surface area contributed by atoms with Crippen LogP contribution >= 0.6 is 0 Å². The quantitative estimate of drug-likeness (QED) is 0.830. The molecular weight excluding hydrogens is 315 g/mol. The first-order valence-electron chi connectivity index (χ1n) is 8.30. The SMILES string of the molecule is C/C(=C1/CCCNC1=O)c1cc(F)cc(-c2ccc(C#N)cc2)c1C. The van der Waals surface area contributed by atoms with Crippen molar-refractivity contribution in [3.63, 3.8) is 0 Å². The van der Waals surface area contributed by atoms with E-state index in [0.29, 0.717) is 18.5 Å². The zero-order valence-corrected chi connectivity index (χ0v) is 14.3. The molecule has 2 aromatic rings. The number of hydrogen-bond donors (Lipinski definition) is 1. The van der Waals surface area contributed by atoms with Crippen LogP contribution < -0.4 is 5.32 Å². The Labute approximate surface area is 146 Å². The van der Waals surface area contributed by atoms with E-state index < -0.39 is 0 Å². The maximum Gasteiger partial charge on any atom is 0.247 e. The predicted octanol–water partition coefficient (Wildman–Crippen LogP) is 4.36. The van der Waals surface area contributed by atoms with Gasteiger partial charge in [-0.1, -0.05) is 12.1 Å². The standard InChI is InChI=1S/C21H19FN2O/c1-13(18-4-3-9-24-21(18)25)19-10-17(22)11-20(14(19)2)16-7-5-15(12-23)6-8-16/h5-8,10-11H,3-4,9H2,1-2H3,(H,24,25)/b18-13+. The van der Waals surface area contributed by atoms with Gasteiger partial charge in [0, 0.05) is 12.1 Å². The second-order valence-electron chi connectivity index (χ2n) is 6.28. The first kappa shape index (κ1) is 16.9. The summed E-state index contributed by atoms with van der Waals surface area (Å²) in [5.41, 5.74) is 5.42. The summed E-state index contributed by atoms with van der Waals surface area (Å²) in [5.74, 6) is -0.400. The predicted molar refractivity (Wildman–Crippen MR) is 96.1 cm³/mol. The van der Waals surface area contributed by atoms with Gasteiger partial charge in [0.15, 0.2) is 0 Å². The molecule has 0 atom stereocenters. The van der Waals surface area contributed by atoms with E-state index in [9.17, 15) is 9.18 Å². The lowest BCUT2D eigenvalue weighted by Crippen LogP contribution is -2.31. The van der Waals surface area contributed by atoms with Crippen LogP contribution in [0, 0.1) is 24.1 Å². The van der Waals surface area contributed by atoms with E-state index in [1.54, 1.807) is 12.1 Å². The molecule has 0 aromatic heterocycles. The van der Waals surface area contributed by atoms with Crippen molar-refractivity contribution in [3.05, 3.63) is 64.5 Å². The van der Waals surface area contributed by atoms with Crippen molar-refractivity contribution in [1.82, 2.24) is 5.32 Å². The molecule has 0 saturated carbocycles. The van der Waals surface area contributed by atoms with E-state index in [1.807, 2.05) is 26.0 Å². The number of rotatable bonds is 2. The van der Waals surface area contributed by atoms with Crippen LogP contribution in [0.25, 0.3) is 16.7 Å². The van der Waals surface area contributed by atoms with Gasteiger partial charge in [0.05, 0.1) is 11.6 Å². The van der Waals surface area contributed by atoms with Crippen molar-refractivity contribution < 1.29 is 9.18 Å². The van der Waals surface area contributed by atoms with Gasteiger partial charge in [-0.3, -0.25) is 4.79 Å². The van der Waals surface area contributed by atoms with Gasteiger partial charge in [-0.2, -0.15) is 5.26 Å². The first-order valence-corrected chi connectivity index (χ1v) is 8.30. The van der Waals surface area contributed by atoms with Crippen molar-refractivity contribution in [3.8, 4) is 17.2 Å². The molecule has 0 radical (unpaired) electrons. The number of allylic oxidation sites excluding steroid dienone is 1. The number of carbonyl (C=O) groups excluding carboxylic acids is 1. The minimum Gasteiger partial charge on any atom is -0.352 e. The van der Waals surface area contributed by atoms with E-state index in [4.69, 9.17) is 5.26 Å². The van der Waals surface area contributed by atoms with E-state index >= 15 is 0 Å². The molecule has 1 aliphatic rings. The number of nitrogens with zero attached hydrogens (tertiary/aromatic N) is 1. The Morgan fingerprint density at radius 1 is 1.24 bits per heavy atom. The molecule has 0 spiro atoms. The number of benzene rings is 2. The normalized spacial score (nSPS) is 16.2. The maximum absolute atomic E-state index is 14.3. The first-order chi connectivity index (χ1) is 12.0. The number of hydrogen-bond acceptors (Lipinski definition) is 2. The number of piperidine rings is 1. The van der Waals surface area contributed by atoms with Crippen LogP contribution in [0.5, 0.6) is 0 Å². The van der Waals surface area contributed by atoms with Gasteiger partial charge in [0.25, 0.3) is 0 Å². The van der Waals surface area contributed by atoms with Crippen molar-refractivity contribution in [2.45, 2.75) is 26.7 Å². The monoisotopic (exact) mass is 334 g/mol. The molecule has 2 aromatic carbocycles. The third-order valence-electron chi connectivity index (χ3n) is 4.72. The summed E-state index contributed by atoms with van der Waals surface area (Å²) in [5, 5.41) is 11.8. The second kappa shape index (κ2) is 6.90. The zero-order chi connectivity index (χ0) is 18.0. The van der Waals surface area contributed by atoms with E-state index in [2.05, 4.69) is 11.4 Å². The molecule has 1 aliphatic heterocycles. The molecule has 25 heavy (non-hydrogen) atoms. The Bertz CT molecular complexity index is 905. The van der Waals surface area contributed by atoms with Gasteiger partial charge in [-0.05, 0) is 78.8 Å². The highest BCUT2D eigenvalue weighted by molar-refractivity contribution is 6.02. The smallest absolute Gasteiger partial charge is 0.247 e. The minimum absolute atomic E-state index is 0.0627. The lowest BCUT2D eigenvalue weighted by Gasteiger charge is -2.20. The van der Waals surface area contributed by atoms with Crippen molar-refractivity contribution in [1.29, 1.82) is 5.26 Å². The van der Waals surface area contributed by atoms with Crippen LogP contribution in [0.4, 0.5) is 4.39 Å². The van der Waals surface area contributed by atoms with Gasteiger partial charge < -0.3 is 5.32 Å². The highest BCUT2D eigenvalue weighted by Crippen LogP contribution is 2.33. The van der Waals surface area contributed by atoms with Crippen LogP contribution in [-0.2, 0) is 4.79 Å². The molecule has 1 heterocycles.